The second-order valence-corrected chi connectivity index (χ2v) is 6.98. The molecule has 1 aliphatic rings. The fourth-order valence-electron chi connectivity index (χ4n) is 3.36. The minimum atomic E-state index is -4.59. The molecule has 1 aromatic carbocycles. The van der Waals surface area contributed by atoms with Gasteiger partial charge in [-0.2, -0.15) is 13.2 Å². The number of aromatic nitrogens is 4. The van der Waals surface area contributed by atoms with Crippen molar-refractivity contribution in [3.8, 4) is 11.4 Å². The number of benzene rings is 1. The van der Waals surface area contributed by atoms with Crippen molar-refractivity contribution < 1.29 is 22.4 Å². The maximum Gasteiger partial charge on any atom is 0.433 e. The third-order valence-corrected chi connectivity index (χ3v) is 4.89. The maximum atomic E-state index is 14.5. The highest BCUT2D eigenvalue weighted by Crippen LogP contribution is 2.29. The summed E-state index contributed by atoms with van der Waals surface area (Å²) in [5.41, 5.74) is -0.665. The first-order chi connectivity index (χ1) is 14.3. The van der Waals surface area contributed by atoms with Crippen LogP contribution in [0.15, 0.2) is 36.5 Å². The molecular weight excluding hydrogens is 402 g/mol. The van der Waals surface area contributed by atoms with Crippen LogP contribution in [-0.2, 0) is 19.1 Å². The zero-order valence-electron chi connectivity index (χ0n) is 15.7. The summed E-state index contributed by atoms with van der Waals surface area (Å²) in [6.45, 7) is 0.685. The van der Waals surface area contributed by atoms with Gasteiger partial charge in [0, 0.05) is 24.8 Å². The molecule has 1 aliphatic heterocycles. The number of hydrogen-bond acceptors (Lipinski definition) is 4. The van der Waals surface area contributed by atoms with Gasteiger partial charge in [-0.15, -0.1) is 10.2 Å². The minimum Gasteiger partial charge on any atom is -0.322 e. The lowest BCUT2D eigenvalue weighted by atomic mass is 10.1. The van der Waals surface area contributed by atoms with Gasteiger partial charge in [-0.3, -0.25) is 9.78 Å². The maximum absolute atomic E-state index is 14.5. The number of nitrogens with zero attached hydrogens (tertiary/aromatic N) is 4. The second kappa shape index (κ2) is 7.85. The summed E-state index contributed by atoms with van der Waals surface area (Å²) < 4.78 is 54.3. The first-order valence-electron chi connectivity index (χ1n) is 9.39. The average Bonchev–Trinajstić information content (AvgIpc) is 2.96. The summed E-state index contributed by atoms with van der Waals surface area (Å²) in [5, 5.41) is 10.8. The van der Waals surface area contributed by atoms with Crippen molar-refractivity contribution in [2.45, 2.75) is 38.4 Å². The first-order valence-corrected chi connectivity index (χ1v) is 9.39. The molecule has 1 N–H and O–H groups in total. The van der Waals surface area contributed by atoms with E-state index in [1.54, 1.807) is 0 Å². The van der Waals surface area contributed by atoms with Gasteiger partial charge in [0.15, 0.2) is 5.82 Å². The number of carbonyl (C=O) groups is 1. The predicted octanol–water partition coefficient (Wildman–Crippen LogP) is 4.48. The van der Waals surface area contributed by atoms with Crippen LogP contribution in [0.2, 0.25) is 0 Å². The van der Waals surface area contributed by atoms with Gasteiger partial charge in [0.05, 0.1) is 11.1 Å². The Balaban J connectivity index is 1.58. The lowest BCUT2D eigenvalue weighted by molar-refractivity contribution is -0.141. The largest absolute Gasteiger partial charge is 0.433 e. The van der Waals surface area contributed by atoms with Crippen LogP contribution in [0.5, 0.6) is 0 Å². The number of carbonyl (C=O) groups excluding carboxylic acids is 1. The van der Waals surface area contributed by atoms with Crippen LogP contribution < -0.4 is 5.32 Å². The van der Waals surface area contributed by atoms with E-state index < -0.39 is 23.6 Å². The van der Waals surface area contributed by atoms with Crippen molar-refractivity contribution in [2.75, 3.05) is 5.32 Å². The number of anilines is 1. The van der Waals surface area contributed by atoms with Crippen molar-refractivity contribution in [3.63, 3.8) is 0 Å². The number of rotatable bonds is 3. The van der Waals surface area contributed by atoms with E-state index >= 15 is 0 Å². The third-order valence-electron chi connectivity index (χ3n) is 4.89. The standard InChI is InChI=1S/C20H17F4N5O/c21-15-7-6-13(26-19(30)12-5-8-16(25-11-12)20(22,23)24)10-14(15)18-28-27-17-4-2-1-3-9-29(17)18/h5-8,10-11H,1-4,9H2,(H,26,30). The predicted molar refractivity (Wildman–Crippen MR) is 100 cm³/mol. The zero-order valence-corrected chi connectivity index (χ0v) is 15.7. The molecule has 3 heterocycles. The highest BCUT2D eigenvalue weighted by Gasteiger charge is 2.32. The van der Waals surface area contributed by atoms with E-state index in [4.69, 9.17) is 0 Å². The SMILES string of the molecule is O=C(Nc1ccc(F)c(-c2nnc3n2CCCCC3)c1)c1ccc(C(F)(F)F)nc1. The Labute approximate surface area is 169 Å². The van der Waals surface area contributed by atoms with Gasteiger partial charge in [-0.1, -0.05) is 6.42 Å². The number of amides is 1. The second-order valence-electron chi connectivity index (χ2n) is 6.98. The van der Waals surface area contributed by atoms with Crippen LogP contribution in [0.3, 0.4) is 0 Å². The number of fused-ring (bicyclic) bond motifs is 1. The Hall–Kier alpha value is -3.30. The average molecular weight is 419 g/mol. The number of pyridine rings is 1. The zero-order chi connectivity index (χ0) is 21.3. The van der Waals surface area contributed by atoms with Gasteiger partial charge >= 0.3 is 6.18 Å². The number of hydrogen-bond donors (Lipinski definition) is 1. The Bertz CT molecular complexity index is 1080. The smallest absolute Gasteiger partial charge is 0.322 e. The van der Waals surface area contributed by atoms with Crippen molar-refractivity contribution >= 4 is 11.6 Å². The molecule has 2 aromatic heterocycles. The molecule has 156 valence electrons. The van der Waals surface area contributed by atoms with Crippen LogP contribution in [0.4, 0.5) is 23.2 Å². The van der Waals surface area contributed by atoms with E-state index in [-0.39, 0.29) is 16.8 Å². The van der Waals surface area contributed by atoms with E-state index in [9.17, 15) is 22.4 Å². The normalized spacial score (nSPS) is 14.1. The number of nitrogens with one attached hydrogen (secondary N) is 1. The van der Waals surface area contributed by atoms with Crippen molar-refractivity contribution in [1.29, 1.82) is 0 Å². The van der Waals surface area contributed by atoms with E-state index in [1.807, 2.05) is 4.57 Å². The molecule has 10 heteroatoms. The number of alkyl halides is 3. The molecule has 0 saturated heterocycles. The molecule has 0 unspecified atom stereocenters. The van der Waals surface area contributed by atoms with Gasteiger partial charge in [0.1, 0.15) is 17.3 Å². The Morgan fingerprint density at radius 2 is 1.90 bits per heavy atom. The lowest BCUT2D eigenvalue weighted by Gasteiger charge is -2.11. The summed E-state index contributed by atoms with van der Waals surface area (Å²) >= 11 is 0. The van der Waals surface area contributed by atoms with Gasteiger partial charge in [0.25, 0.3) is 5.91 Å². The molecule has 1 amide bonds. The van der Waals surface area contributed by atoms with Crippen LogP contribution in [0, 0.1) is 5.82 Å². The lowest BCUT2D eigenvalue weighted by Crippen LogP contribution is -2.14. The van der Waals surface area contributed by atoms with Crippen LogP contribution in [-0.4, -0.2) is 25.7 Å². The molecule has 0 bridgehead atoms. The molecule has 0 saturated carbocycles. The molecule has 0 spiro atoms. The Kier molecular flexibility index (Phi) is 5.23. The van der Waals surface area contributed by atoms with Crippen LogP contribution >= 0.6 is 0 Å². The van der Waals surface area contributed by atoms with Crippen molar-refractivity contribution in [3.05, 3.63) is 59.4 Å². The summed E-state index contributed by atoms with van der Waals surface area (Å²) in [5.74, 6) is 0.0151. The fourth-order valence-corrected chi connectivity index (χ4v) is 3.36. The van der Waals surface area contributed by atoms with Crippen LogP contribution in [0.1, 0.15) is 41.1 Å². The summed E-state index contributed by atoms with van der Waals surface area (Å²) in [6, 6.07) is 5.78. The number of halogens is 4. The summed E-state index contributed by atoms with van der Waals surface area (Å²) in [7, 11) is 0. The highest BCUT2D eigenvalue weighted by molar-refractivity contribution is 6.04. The van der Waals surface area contributed by atoms with Crippen molar-refractivity contribution in [2.24, 2.45) is 0 Å². The van der Waals surface area contributed by atoms with E-state index in [2.05, 4.69) is 20.5 Å². The van der Waals surface area contributed by atoms with Gasteiger partial charge in [-0.05, 0) is 43.2 Å². The Morgan fingerprint density at radius 1 is 1.07 bits per heavy atom. The van der Waals surface area contributed by atoms with E-state index in [0.717, 1.165) is 49.8 Å². The minimum absolute atomic E-state index is 0.0507. The molecule has 0 radical (unpaired) electrons. The van der Waals surface area contributed by atoms with Gasteiger partial charge < -0.3 is 9.88 Å². The van der Waals surface area contributed by atoms with Gasteiger partial charge in [0.2, 0.25) is 0 Å². The molecule has 30 heavy (non-hydrogen) atoms. The third kappa shape index (κ3) is 4.03. The summed E-state index contributed by atoms with van der Waals surface area (Å²) in [6.07, 6.45) is 0.0293. The summed E-state index contributed by atoms with van der Waals surface area (Å²) in [4.78, 5) is 15.7. The molecule has 4 rings (SSSR count). The molecule has 6 nitrogen and oxygen atoms in total. The molecule has 3 aromatic rings. The van der Waals surface area contributed by atoms with Gasteiger partial charge in [-0.25, -0.2) is 4.39 Å². The van der Waals surface area contributed by atoms with Crippen molar-refractivity contribution in [1.82, 2.24) is 19.7 Å². The topological polar surface area (TPSA) is 72.7 Å². The first kappa shape index (κ1) is 20.0. The molecule has 0 atom stereocenters. The monoisotopic (exact) mass is 419 g/mol. The molecular formula is C20H17F4N5O. The van der Waals surface area contributed by atoms with E-state index in [0.29, 0.717) is 12.4 Å². The van der Waals surface area contributed by atoms with Crippen LogP contribution in [0.25, 0.3) is 11.4 Å². The molecule has 0 fully saturated rings. The Morgan fingerprint density at radius 3 is 2.63 bits per heavy atom. The molecule has 0 aliphatic carbocycles. The quantitative estimate of drug-likeness (QED) is 0.636. The fraction of sp³-hybridized carbons (Fsp3) is 0.300. The highest BCUT2D eigenvalue weighted by atomic mass is 19.4. The van der Waals surface area contributed by atoms with E-state index in [1.165, 1.54) is 18.2 Å². The number of aryl methyl sites for hydroxylation is 1.